The summed E-state index contributed by atoms with van der Waals surface area (Å²) in [6.07, 6.45) is 5.04. The normalized spacial score (nSPS) is 10.2. The van der Waals surface area contributed by atoms with Gasteiger partial charge in [0.1, 0.15) is 17.5 Å². The Kier molecular flexibility index (Phi) is 5.49. The van der Waals surface area contributed by atoms with Crippen molar-refractivity contribution in [2.75, 3.05) is 11.9 Å². The van der Waals surface area contributed by atoms with Crippen LogP contribution in [0, 0.1) is 11.3 Å². The summed E-state index contributed by atoms with van der Waals surface area (Å²) in [7, 11) is 0. The Bertz CT molecular complexity index is 1200. The van der Waals surface area contributed by atoms with Crippen molar-refractivity contribution >= 4 is 11.6 Å². The van der Waals surface area contributed by atoms with Gasteiger partial charge >= 0.3 is 0 Å². The average molecular weight is 395 g/mol. The molecule has 0 aliphatic heterocycles. The first-order valence-corrected chi connectivity index (χ1v) is 9.21. The number of carbonyl (C=O) groups is 1. The van der Waals surface area contributed by atoms with E-state index in [-0.39, 0.29) is 12.5 Å². The van der Waals surface area contributed by atoms with Crippen LogP contribution in [0.5, 0.6) is 5.75 Å². The number of aromatic nitrogens is 3. The molecule has 7 heteroatoms. The van der Waals surface area contributed by atoms with E-state index in [1.807, 2.05) is 42.5 Å². The number of hydrogen-bond acceptors (Lipinski definition) is 5. The predicted molar refractivity (Wildman–Crippen MR) is 112 cm³/mol. The highest BCUT2D eigenvalue weighted by molar-refractivity contribution is 6.08. The van der Waals surface area contributed by atoms with Crippen LogP contribution in [-0.4, -0.2) is 27.3 Å². The quantitative estimate of drug-likeness (QED) is 0.531. The third-order valence-electron chi connectivity index (χ3n) is 4.31. The smallest absolute Gasteiger partial charge is 0.259 e. The van der Waals surface area contributed by atoms with Gasteiger partial charge in [-0.15, -0.1) is 0 Å². The van der Waals surface area contributed by atoms with Gasteiger partial charge in [0.2, 0.25) is 0 Å². The Balaban J connectivity index is 1.68. The van der Waals surface area contributed by atoms with E-state index in [0.29, 0.717) is 22.7 Å². The molecule has 0 radical (unpaired) electrons. The number of nitriles is 1. The van der Waals surface area contributed by atoms with Gasteiger partial charge in [0.25, 0.3) is 5.91 Å². The van der Waals surface area contributed by atoms with Crippen molar-refractivity contribution in [1.29, 1.82) is 5.26 Å². The summed E-state index contributed by atoms with van der Waals surface area (Å²) in [5.74, 6) is 0.190. The number of benzene rings is 2. The van der Waals surface area contributed by atoms with Crippen molar-refractivity contribution in [2.45, 2.75) is 0 Å². The number of rotatable bonds is 6. The van der Waals surface area contributed by atoms with Crippen LogP contribution in [0.2, 0.25) is 0 Å². The molecule has 2 aromatic heterocycles. The minimum atomic E-state index is -0.312. The predicted octanol–water partition coefficient (Wildman–Crippen LogP) is 4.09. The van der Waals surface area contributed by atoms with Gasteiger partial charge in [-0.3, -0.25) is 9.78 Å². The molecule has 1 N–H and O–H groups in total. The lowest BCUT2D eigenvalue weighted by atomic mass is 10.1. The highest BCUT2D eigenvalue weighted by Crippen LogP contribution is 2.25. The van der Waals surface area contributed by atoms with Crippen LogP contribution in [0.1, 0.15) is 10.4 Å². The van der Waals surface area contributed by atoms with Crippen LogP contribution >= 0.6 is 0 Å². The largest absolute Gasteiger partial charge is 0.479 e. The van der Waals surface area contributed by atoms with Crippen molar-refractivity contribution in [3.63, 3.8) is 0 Å². The summed E-state index contributed by atoms with van der Waals surface area (Å²) in [5.41, 5.74) is 3.08. The number of carbonyl (C=O) groups excluding carboxylic acids is 1. The van der Waals surface area contributed by atoms with Crippen LogP contribution in [-0.2, 0) is 0 Å². The minimum absolute atomic E-state index is 0.0631. The molecule has 0 aliphatic carbocycles. The number of para-hydroxylation sites is 1. The second kappa shape index (κ2) is 8.71. The van der Waals surface area contributed by atoms with Gasteiger partial charge in [-0.25, -0.2) is 4.68 Å². The summed E-state index contributed by atoms with van der Waals surface area (Å²) in [5, 5.41) is 16.2. The highest BCUT2D eigenvalue weighted by Gasteiger charge is 2.19. The van der Waals surface area contributed by atoms with Gasteiger partial charge in [0, 0.05) is 35.9 Å². The number of anilines is 1. The zero-order chi connectivity index (χ0) is 20.8. The first kappa shape index (κ1) is 18.9. The van der Waals surface area contributed by atoms with Crippen molar-refractivity contribution in [3.05, 3.63) is 90.9 Å². The van der Waals surface area contributed by atoms with E-state index in [1.54, 1.807) is 53.6 Å². The molecule has 0 spiro atoms. The van der Waals surface area contributed by atoms with E-state index in [0.717, 1.165) is 11.3 Å². The zero-order valence-corrected chi connectivity index (χ0v) is 15.9. The van der Waals surface area contributed by atoms with E-state index in [2.05, 4.69) is 15.4 Å². The lowest BCUT2D eigenvalue weighted by molar-refractivity contribution is 0.102. The van der Waals surface area contributed by atoms with E-state index >= 15 is 0 Å². The Labute approximate surface area is 173 Å². The fraction of sp³-hybridized carbons (Fsp3) is 0.0435. The molecule has 4 rings (SSSR count). The summed E-state index contributed by atoms with van der Waals surface area (Å²) >= 11 is 0. The molecule has 0 fully saturated rings. The molecule has 0 aliphatic rings. The van der Waals surface area contributed by atoms with Gasteiger partial charge in [0.15, 0.2) is 6.61 Å². The Morgan fingerprint density at radius 3 is 2.73 bits per heavy atom. The van der Waals surface area contributed by atoms with Crippen LogP contribution in [0.25, 0.3) is 16.9 Å². The number of amides is 1. The van der Waals surface area contributed by atoms with Crippen molar-refractivity contribution in [3.8, 4) is 28.8 Å². The van der Waals surface area contributed by atoms with Crippen LogP contribution in [0.15, 0.2) is 85.3 Å². The molecule has 30 heavy (non-hydrogen) atoms. The number of ether oxygens (including phenoxy) is 1. The van der Waals surface area contributed by atoms with Crippen LogP contribution in [0.3, 0.4) is 0 Å². The van der Waals surface area contributed by atoms with Crippen molar-refractivity contribution in [1.82, 2.24) is 14.8 Å². The maximum Gasteiger partial charge on any atom is 0.259 e. The molecule has 7 nitrogen and oxygen atoms in total. The minimum Gasteiger partial charge on any atom is -0.479 e. The third-order valence-corrected chi connectivity index (χ3v) is 4.31. The number of hydrogen-bond donors (Lipinski definition) is 1. The number of nitrogens with one attached hydrogen (secondary N) is 1. The fourth-order valence-electron chi connectivity index (χ4n) is 2.95. The maximum atomic E-state index is 13.1. The van der Waals surface area contributed by atoms with Gasteiger partial charge in [-0.1, -0.05) is 24.3 Å². The van der Waals surface area contributed by atoms with Gasteiger partial charge in [-0.05, 0) is 36.4 Å². The van der Waals surface area contributed by atoms with Gasteiger partial charge in [0.05, 0.1) is 11.3 Å². The molecule has 0 saturated carbocycles. The first-order valence-electron chi connectivity index (χ1n) is 9.21. The standard InChI is InChI=1S/C23H17N5O2/c24-11-13-30-20-10-4-7-18(14-20)26-23(29)21-16-28(19-8-2-1-3-9-19)27-22(21)17-6-5-12-25-15-17/h1-10,12,14-16H,13H2,(H,26,29). The van der Waals surface area contributed by atoms with Gasteiger partial charge in [-0.2, -0.15) is 10.4 Å². The number of nitrogens with zero attached hydrogens (tertiary/aromatic N) is 4. The molecule has 2 aromatic carbocycles. The highest BCUT2D eigenvalue weighted by atomic mass is 16.5. The monoisotopic (exact) mass is 395 g/mol. The summed E-state index contributed by atoms with van der Waals surface area (Å²) in [4.78, 5) is 17.2. The van der Waals surface area contributed by atoms with E-state index < -0.39 is 0 Å². The number of pyridine rings is 1. The molecular formula is C23H17N5O2. The lowest BCUT2D eigenvalue weighted by Crippen LogP contribution is -2.12. The molecule has 0 atom stereocenters. The molecule has 146 valence electrons. The average Bonchev–Trinajstić information content (AvgIpc) is 3.25. The van der Waals surface area contributed by atoms with Crippen molar-refractivity contribution < 1.29 is 9.53 Å². The summed E-state index contributed by atoms with van der Waals surface area (Å²) in [6.45, 7) is -0.0631. The van der Waals surface area contributed by atoms with E-state index in [4.69, 9.17) is 10.00 Å². The van der Waals surface area contributed by atoms with Crippen LogP contribution < -0.4 is 10.1 Å². The van der Waals surface area contributed by atoms with Crippen molar-refractivity contribution in [2.24, 2.45) is 0 Å². The second-order valence-electron chi connectivity index (χ2n) is 6.34. The molecule has 2 heterocycles. The Morgan fingerprint density at radius 2 is 1.97 bits per heavy atom. The molecule has 1 amide bonds. The summed E-state index contributed by atoms with van der Waals surface area (Å²) in [6, 6.07) is 22.0. The van der Waals surface area contributed by atoms with E-state index in [9.17, 15) is 4.79 Å². The SMILES string of the molecule is N#CCOc1cccc(NC(=O)c2cn(-c3ccccc3)nc2-c2cccnc2)c1. The Hall–Kier alpha value is -4.44. The Morgan fingerprint density at radius 1 is 1.10 bits per heavy atom. The van der Waals surface area contributed by atoms with E-state index in [1.165, 1.54) is 0 Å². The fourth-order valence-corrected chi connectivity index (χ4v) is 2.95. The molecule has 0 saturated heterocycles. The topological polar surface area (TPSA) is 92.8 Å². The van der Waals surface area contributed by atoms with Gasteiger partial charge < -0.3 is 10.1 Å². The first-order chi connectivity index (χ1) is 14.7. The summed E-state index contributed by atoms with van der Waals surface area (Å²) < 4.78 is 6.97. The van der Waals surface area contributed by atoms with Crippen LogP contribution in [0.4, 0.5) is 5.69 Å². The maximum absolute atomic E-state index is 13.1. The lowest BCUT2D eigenvalue weighted by Gasteiger charge is -2.07. The molecule has 4 aromatic rings. The zero-order valence-electron chi connectivity index (χ0n) is 15.9. The second-order valence-corrected chi connectivity index (χ2v) is 6.34. The molecule has 0 unspecified atom stereocenters. The molecular weight excluding hydrogens is 378 g/mol. The third kappa shape index (κ3) is 4.18. The molecule has 0 bridgehead atoms.